The van der Waals surface area contributed by atoms with Crippen molar-refractivity contribution in [1.82, 2.24) is 29.0 Å². The molecule has 0 radical (unpaired) electrons. The van der Waals surface area contributed by atoms with Gasteiger partial charge in [0.15, 0.2) is 0 Å². The van der Waals surface area contributed by atoms with E-state index in [0.29, 0.717) is 45.9 Å². The fourth-order valence-electron chi connectivity index (χ4n) is 4.71. The van der Waals surface area contributed by atoms with E-state index in [-0.39, 0.29) is 25.1 Å². The molecule has 1 N–H and O–H groups in total. The Morgan fingerprint density at radius 2 is 2.03 bits per heavy atom. The van der Waals surface area contributed by atoms with E-state index >= 15 is 0 Å². The molecule has 4 heterocycles. The third-order valence-corrected chi connectivity index (χ3v) is 6.64. The first-order chi connectivity index (χ1) is 18.1. The quantitative estimate of drug-likeness (QED) is 0.374. The standard InChI is InChI=1S/C25H24ClF3N6O3.ClH/c1-15-6-17(26)8-20(19(15)9-18-10-30-3-5-38-18)23-21-7-16(12-35(21)32-14-31-23)11-34-22(36)2-4-33(24(34)37)13-25(27,28)29;/h2,4,6-8,12,14,18,30H,3,5,9-11,13H2,1H3;1H/t18-;/m1./s1. The van der Waals surface area contributed by atoms with Crippen molar-refractivity contribution in [3.05, 3.63) is 85.5 Å². The van der Waals surface area contributed by atoms with Gasteiger partial charge in [-0.05, 0) is 41.8 Å². The third kappa shape index (κ3) is 6.35. The molecule has 39 heavy (non-hydrogen) atoms. The molecule has 0 saturated carbocycles. The molecule has 1 atom stereocenters. The smallest absolute Gasteiger partial charge is 0.375 e. The summed E-state index contributed by atoms with van der Waals surface area (Å²) in [5.41, 5.74) is 2.71. The number of nitrogens with zero attached hydrogens (tertiary/aromatic N) is 5. The molecular weight excluding hydrogens is 560 g/mol. The topological polar surface area (TPSA) is 95.5 Å². The molecule has 1 saturated heterocycles. The molecule has 9 nitrogen and oxygen atoms in total. The van der Waals surface area contributed by atoms with Crippen LogP contribution in [0.3, 0.4) is 0 Å². The van der Waals surface area contributed by atoms with Gasteiger partial charge in [-0.15, -0.1) is 12.4 Å². The van der Waals surface area contributed by atoms with Crippen molar-refractivity contribution in [2.45, 2.75) is 38.7 Å². The van der Waals surface area contributed by atoms with Crippen LogP contribution >= 0.6 is 24.0 Å². The summed E-state index contributed by atoms with van der Waals surface area (Å²) < 4.78 is 47.3. The Bertz CT molecular complexity index is 1610. The summed E-state index contributed by atoms with van der Waals surface area (Å²) in [6.45, 7) is 2.38. The molecule has 1 aliphatic rings. The predicted molar refractivity (Wildman–Crippen MR) is 142 cm³/mol. The van der Waals surface area contributed by atoms with Crippen LogP contribution in [-0.4, -0.2) is 55.7 Å². The Labute approximate surface area is 231 Å². The second kappa shape index (κ2) is 11.5. The zero-order valence-corrected chi connectivity index (χ0v) is 22.3. The van der Waals surface area contributed by atoms with Crippen LogP contribution in [0, 0.1) is 6.92 Å². The van der Waals surface area contributed by atoms with E-state index in [4.69, 9.17) is 16.3 Å². The largest absolute Gasteiger partial charge is 0.406 e. The first-order valence-corrected chi connectivity index (χ1v) is 12.3. The summed E-state index contributed by atoms with van der Waals surface area (Å²) in [5.74, 6) is 0. The van der Waals surface area contributed by atoms with Gasteiger partial charge in [0.1, 0.15) is 12.9 Å². The van der Waals surface area contributed by atoms with E-state index in [2.05, 4.69) is 15.4 Å². The summed E-state index contributed by atoms with van der Waals surface area (Å²) in [5, 5.41) is 8.11. The molecule has 1 aromatic carbocycles. The molecule has 3 aromatic heterocycles. The summed E-state index contributed by atoms with van der Waals surface area (Å²) >= 11 is 6.42. The number of fused-ring (bicyclic) bond motifs is 1. The molecule has 0 unspecified atom stereocenters. The average molecular weight is 585 g/mol. The number of hydrogen-bond donors (Lipinski definition) is 1. The van der Waals surface area contributed by atoms with E-state index < -0.39 is 24.0 Å². The molecule has 4 aromatic rings. The van der Waals surface area contributed by atoms with Crippen LogP contribution in [0.5, 0.6) is 0 Å². The fraction of sp³-hybridized carbons (Fsp3) is 0.360. The van der Waals surface area contributed by atoms with Crippen LogP contribution in [0.1, 0.15) is 16.7 Å². The first kappa shape index (κ1) is 28.8. The highest BCUT2D eigenvalue weighted by atomic mass is 35.5. The van der Waals surface area contributed by atoms with Crippen LogP contribution in [-0.2, 0) is 24.2 Å². The Morgan fingerprint density at radius 3 is 2.74 bits per heavy atom. The number of morpholine rings is 1. The molecule has 5 rings (SSSR count). The zero-order valence-electron chi connectivity index (χ0n) is 20.7. The fourth-order valence-corrected chi connectivity index (χ4v) is 4.98. The maximum atomic E-state index is 12.9. The van der Waals surface area contributed by atoms with E-state index in [1.54, 1.807) is 16.8 Å². The maximum absolute atomic E-state index is 12.9. The van der Waals surface area contributed by atoms with Gasteiger partial charge in [0, 0.05) is 48.6 Å². The van der Waals surface area contributed by atoms with Gasteiger partial charge in [-0.2, -0.15) is 18.3 Å². The Kier molecular flexibility index (Phi) is 8.50. The van der Waals surface area contributed by atoms with Crippen LogP contribution in [0.2, 0.25) is 5.02 Å². The summed E-state index contributed by atoms with van der Waals surface area (Å²) in [6, 6.07) is 6.36. The number of rotatable bonds is 6. The van der Waals surface area contributed by atoms with Gasteiger partial charge in [0.25, 0.3) is 5.56 Å². The maximum Gasteiger partial charge on any atom is 0.406 e. The summed E-state index contributed by atoms with van der Waals surface area (Å²) in [4.78, 5) is 29.5. The molecule has 208 valence electrons. The lowest BCUT2D eigenvalue weighted by molar-refractivity contribution is -0.141. The minimum Gasteiger partial charge on any atom is -0.375 e. The molecule has 0 spiro atoms. The van der Waals surface area contributed by atoms with Gasteiger partial charge in [-0.1, -0.05) is 11.6 Å². The van der Waals surface area contributed by atoms with Gasteiger partial charge in [0.05, 0.1) is 30.5 Å². The number of hydrogen-bond acceptors (Lipinski definition) is 6. The van der Waals surface area contributed by atoms with Crippen LogP contribution < -0.4 is 16.6 Å². The highest BCUT2D eigenvalue weighted by molar-refractivity contribution is 6.31. The number of aromatic nitrogens is 5. The number of benzene rings is 1. The highest BCUT2D eigenvalue weighted by Crippen LogP contribution is 2.33. The van der Waals surface area contributed by atoms with E-state index in [0.717, 1.165) is 40.1 Å². The van der Waals surface area contributed by atoms with Gasteiger partial charge < -0.3 is 10.1 Å². The van der Waals surface area contributed by atoms with Crippen molar-refractivity contribution in [1.29, 1.82) is 0 Å². The Balaban J connectivity index is 0.00000353. The molecule has 1 fully saturated rings. The molecule has 0 bridgehead atoms. The van der Waals surface area contributed by atoms with Crippen molar-refractivity contribution >= 4 is 29.5 Å². The van der Waals surface area contributed by atoms with Gasteiger partial charge in [-0.25, -0.2) is 14.3 Å². The molecule has 1 aliphatic heterocycles. The monoisotopic (exact) mass is 584 g/mol. The van der Waals surface area contributed by atoms with E-state index in [9.17, 15) is 22.8 Å². The molecule has 0 amide bonds. The second-order valence-electron chi connectivity index (χ2n) is 9.20. The SMILES string of the molecule is Cc1cc(Cl)cc(-c2ncnn3cc(Cn4c(=O)ccn(CC(F)(F)F)c4=O)cc23)c1C[C@@H]1CNCCO1.Cl. The number of aryl methyl sites for hydroxylation is 1. The van der Waals surface area contributed by atoms with Crippen molar-refractivity contribution in [3.63, 3.8) is 0 Å². The van der Waals surface area contributed by atoms with Crippen molar-refractivity contribution in [3.8, 4) is 11.3 Å². The van der Waals surface area contributed by atoms with Gasteiger partial charge in [0.2, 0.25) is 0 Å². The molecule has 14 heteroatoms. The summed E-state index contributed by atoms with van der Waals surface area (Å²) in [7, 11) is 0. The second-order valence-corrected chi connectivity index (χ2v) is 9.64. The van der Waals surface area contributed by atoms with Crippen molar-refractivity contribution in [2.24, 2.45) is 0 Å². The zero-order chi connectivity index (χ0) is 27.0. The average Bonchev–Trinajstić information content (AvgIpc) is 3.28. The van der Waals surface area contributed by atoms with Crippen LogP contribution in [0.15, 0.2) is 52.6 Å². The number of nitrogens with one attached hydrogen (secondary N) is 1. The van der Waals surface area contributed by atoms with Crippen molar-refractivity contribution in [2.75, 3.05) is 19.7 Å². The normalized spacial score (nSPS) is 15.9. The molecular formula is C25H25Cl2F3N6O3. The number of ether oxygens (including phenoxy) is 1. The minimum absolute atomic E-state index is 0. The Hall–Kier alpha value is -3.19. The lowest BCUT2D eigenvalue weighted by Gasteiger charge is -2.25. The van der Waals surface area contributed by atoms with Gasteiger partial charge >= 0.3 is 11.9 Å². The summed E-state index contributed by atoms with van der Waals surface area (Å²) in [6.07, 6.45) is -0.149. The Morgan fingerprint density at radius 1 is 1.23 bits per heavy atom. The predicted octanol–water partition coefficient (Wildman–Crippen LogP) is 3.24. The highest BCUT2D eigenvalue weighted by Gasteiger charge is 2.29. The number of halogens is 5. The lowest BCUT2D eigenvalue weighted by Crippen LogP contribution is -2.41. The van der Waals surface area contributed by atoms with E-state index in [1.807, 2.05) is 19.1 Å². The lowest BCUT2D eigenvalue weighted by atomic mass is 9.94. The van der Waals surface area contributed by atoms with Crippen molar-refractivity contribution < 1.29 is 17.9 Å². The number of alkyl halides is 3. The van der Waals surface area contributed by atoms with Gasteiger partial charge in [-0.3, -0.25) is 13.9 Å². The van der Waals surface area contributed by atoms with E-state index in [1.165, 1.54) is 6.33 Å². The minimum atomic E-state index is -4.60. The van der Waals surface area contributed by atoms with Crippen LogP contribution in [0.25, 0.3) is 16.8 Å². The van der Waals surface area contributed by atoms with Crippen LogP contribution in [0.4, 0.5) is 13.2 Å². The molecule has 0 aliphatic carbocycles. The first-order valence-electron chi connectivity index (χ1n) is 11.9. The third-order valence-electron chi connectivity index (χ3n) is 6.42.